The Balaban J connectivity index is 1.80. The van der Waals surface area contributed by atoms with Crippen molar-refractivity contribution in [2.24, 2.45) is 0 Å². The lowest BCUT2D eigenvalue weighted by Gasteiger charge is -2.11. The van der Waals surface area contributed by atoms with Crippen LogP contribution in [-0.2, 0) is 20.7 Å². The van der Waals surface area contributed by atoms with Crippen LogP contribution in [0, 0.1) is 0 Å². The minimum absolute atomic E-state index is 0.0925. The highest BCUT2D eigenvalue weighted by Gasteiger charge is 2.11. The molecule has 0 aliphatic carbocycles. The Morgan fingerprint density at radius 2 is 1.62 bits per heavy atom. The summed E-state index contributed by atoms with van der Waals surface area (Å²) in [6, 6.07) is 14.3. The Hall–Kier alpha value is -3.02. The van der Waals surface area contributed by atoms with E-state index in [9.17, 15) is 9.59 Å². The monoisotopic (exact) mass is 357 g/mol. The van der Waals surface area contributed by atoms with Crippen molar-refractivity contribution in [3.8, 4) is 11.5 Å². The number of esters is 1. The summed E-state index contributed by atoms with van der Waals surface area (Å²) in [5.74, 6) is 0.431. The van der Waals surface area contributed by atoms with Crippen molar-refractivity contribution in [3.05, 3.63) is 54.1 Å². The first kappa shape index (κ1) is 19.3. The van der Waals surface area contributed by atoms with E-state index in [1.165, 1.54) is 0 Å². The number of nitrogens with one attached hydrogen (secondary N) is 1. The van der Waals surface area contributed by atoms with Gasteiger partial charge in [0.05, 0.1) is 25.3 Å². The molecular weight excluding hydrogens is 334 g/mol. The SMILES string of the molecule is CCOc1ccc(CC(=O)OCC(=O)Nc2ccccc2OCC)cc1. The maximum atomic E-state index is 12.0. The van der Waals surface area contributed by atoms with Gasteiger partial charge >= 0.3 is 5.97 Å². The molecule has 1 N–H and O–H groups in total. The van der Waals surface area contributed by atoms with E-state index in [1.807, 2.05) is 19.9 Å². The molecule has 0 aromatic heterocycles. The van der Waals surface area contributed by atoms with E-state index in [1.54, 1.807) is 42.5 Å². The van der Waals surface area contributed by atoms with Crippen molar-refractivity contribution >= 4 is 17.6 Å². The van der Waals surface area contributed by atoms with Gasteiger partial charge in [-0.2, -0.15) is 0 Å². The summed E-state index contributed by atoms with van der Waals surface area (Å²) < 4.78 is 15.8. The summed E-state index contributed by atoms with van der Waals surface area (Å²) in [6.45, 7) is 4.49. The average Bonchev–Trinajstić information content (AvgIpc) is 2.64. The predicted molar refractivity (Wildman–Crippen MR) is 98.5 cm³/mol. The highest BCUT2D eigenvalue weighted by Crippen LogP contribution is 2.23. The standard InChI is InChI=1S/C20H23NO5/c1-3-24-16-11-9-15(10-12-16)13-20(23)26-14-19(22)21-17-7-5-6-8-18(17)25-4-2/h5-12H,3-4,13-14H2,1-2H3,(H,21,22). The van der Waals surface area contributed by atoms with Crippen LogP contribution in [0.3, 0.4) is 0 Å². The van der Waals surface area contributed by atoms with E-state index in [-0.39, 0.29) is 13.0 Å². The van der Waals surface area contributed by atoms with Gasteiger partial charge in [-0.1, -0.05) is 24.3 Å². The molecule has 26 heavy (non-hydrogen) atoms. The molecule has 0 saturated heterocycles. The molecule has 6 heteroatoms. The molecular formula is C20H23NO5. The van der Waals surface area contributed by atoms with Crippen molar-refractivity contribution < 1.29 is 23.8 Å². The summed E-state index contributed by atoms with van der Waals surface area (Å²) in [5.41, 5.74) is 1.34. The van der Waals surface area contributed by atoms with E-state index in [0.717, 1.165) is 11.3 Å². The number of hydrogen-bond acceptors (Lipinski definition) is 5. The molecule has 2 rings (SSSR count). The van der Waals surface area contributed by atoms with Crippen LogP contribution >= 0.6 is 0 Å². The lowest BCUT2D eigenvalue weighted by Crippen LogP contribution is -2.22. The number of anilines is 1. The van der Waals surface area contributed by atoms with Gasteiger partial charge in [-0.3, -0.25) is 9.59 Å². The number of hydrogen-bond donors (Lipinski definition) is 1. The molecule has 0 saturated carbocycles. The molecule has 0 unspecified atom stereocenters. The summed E-state index contributed by atoms with van der Waals surface area (Å²) >= 11 is 0. The minimum atomic E-state index is -0.470. The fourth-order valence-corrected chi connectivity index (χ4v) is 2.27. The van der Waals surface area contributed by atoms with E-state index in [2.05, 4.69) is 5.32 Å². The van der Waals surface area contributed by atoms with Gasteiger partial charge in [0.25, 0.3) is 5.91 Å². The second-order valence-electron chi connectivity index (χ2n) is 5.39. The molecule has 0 fully saturated rings. The van der Waals surface area contributed by atoms with Crippen LogP contribution in [-0.4, -0.2) is 31.7 Å². The molecule has 2 aromatic rings. The van der Waals surface area contributed by atoms with Crippen LogP contribution in [0.1, 0.15) is 19.4 Å². The quantitative estimate of drug-likeness (QED) is 0.698. The summed E-state index contributed by atoms with van der Waals surface area (Å²) in [7, 11) is 0. The zero-order valence-corrected chi connectivity index (χ0v) is 15.0. The normalized spacial score (nSPS) is 10.1. The minimum Gasteiger partial charge on any atom is -0.494 e. The Morgan fingerprint density at radius 3 is 2.31 bits per heavy atom. The molecule has 6 nitrogen and oxygen atoms in total. The van der Waals surface area contributed by atoms with Gasteiger partial charge in [0.15, 0.2) is 6.61 Å². The lowest BCUT2D eigenvalue weighted by molar-refractivity contribution is -0.146. The third-order valence-corrected chi connectivity index (χ3v) is 3.41. The van der Waals surface area contributed by atoms with Crippen LogP contribution in [0.5, 0.6) is 11.5 Å². The van der Waals surface area contributed by atoms with Gasteiger partial charge in [0, 0.05) is 0 Å². The summed E-state index contributed by atoms with van der Waals surface area (Å²) in [4.78, 5) is 23.9. The molecule has 0 radical (unpaired) electrons. The average molecular weight is 357 g/mol. The smallest absolute Gasteiger partial charge is 0.310 e. The first-order valence-electron chi connectivity index (χ1n) is 8.51. The second-order valence-corrected chi connectivity index (χ2v) is 5.39. The number of amides is 1. The van der Waals surface area contributed by atoms with E-state index in [4.69, 9.17) is 14.2 Å². The van der Waals surface area contributed by atoms with E-state index < -0.39 is 11.9 Å². The first-order chi connectivity index (χ1) is 12.6. The Bertz CT molecular complexity index is 727. The van der Waals surface area contributed by atoms with Crippen LogP contribution in [0.25, 0.3) is 0 Å². The number of ether oxygens (including phenoxy) is 3. The van der Waals surface area contributed by atoms with Gasteiger partial charge in [-0.25, -0.2) is 0 Å². The van der Waals surface area contributed by atoms with Crippen molar-refractivity contribution in [3.63, 3.8) is 0 Å². The molecule has 0 spiro atoms. The van der Waals surface area contributed by atoms with Gasteiger partial charge in [0.2, 0.25) is 0 Å². The lowest BCUT2D eigenvalue weighted by atomic mass is 10.1. The predicted octanol–water partition coefficient (Wildman–Crippen LogP) is 3.21. The number of carbonyl (C=O) groups excluding carboxylic acids is 2. The number of rotatable bonds is 9. The molecule has 2 aromatic carbocycles. The van der Waals surface area contributed by atoms with Gasteiger partial charge in [-0.15, -0.1) is 0 Å². The largest absolute Gasteiger partial charge is 0.494 e. The fourth-order valence-electron chi connectivity index (χ4n) is 2.27. The highest BCUT2D eigenvalue weighted by atomic mass is 16.5. The van der Waals surface area contributed by atoms with Gasteiger partial charge in [-0.05, 0) is 43.7 Å². The van der Waals surface area contributed by atoms with E-state index in [0.29, 0.717) is 24.7 Å². The molecule has 0 atom stereocenters. The molecule has 0 aliphatic rings. The van der Waals surface area contributed by atoms with Crippen molar-refractivity contribution in [1.82, 2.24) is 0 Å². The topological polar surface area (TPSA) is 73.9 Å². The van der Waals surface area contributed by atoms with Gasteiger partial charge in [0.1, 0.15) is 11.5 Å². The van der Waals surface area contributed by atoms with Crippen molar-refractivity contribution in [2.75, 3.05) is 25.1 Å². The maximum absolute atomic E-state index is 12.0. The number of carbonyl (C=O) groups is 2. The third kappa shape index (κ3) is 6.12. The zero-order chi connectivity index (χ0) is 18.8. The van der Waals surface area contributed by atoms with Crippen LogP contribution in [0.15, 0.2) is 48.5 Å². The first-order valence-corrected chi connectivity index (χ1v) is 8.51. The second kappa shape index (κ2) is 10.1. The maximum Gasteiger partial charge on any atom is 0.310 e. The number of benzene rings is 2. The van der Waals surface area contributed by atoms with Crippen LogP contribution < -0.4 is 14.8 Å². The summed E-state index contributed by atoms with van der Waals surface area (Å²) in [5, 5.41) is 2.68. The summed E-state index contributed by atoms with van der Waals surface area (Å²) in [6.07, 6.45) is 0.0925. The highest BCUT2D eigenvalue weighted by molar-refractivity contribution is 5.94. The molecule has 0 aliphatic heterocycles. The Morgan fingerprint density at radius 1 is 0.923 bits per heavy atom. The molecule has 138 valence electrons. The zero-order valence-electron chi connectivity index (χ0n) is 15.0. The van der Waals surface area contributed by atoms with Crippen LogP contribution in [0.2, 0.25) is 0 Å². The fraction of sp³-hybridized carbons (Fsp3) is 0.300. The number of para-hydroxylation sites is 2. The Labute approximate surface area is 153 Å². The molecule has 0 heterocycles. The van der Waals surface area contributed by atoms with E-state index >= 15 is 0 Å². The van der Waals surface area contributed by atoms with Crippen molar-refractivity contribution in [1.29, 1.82) is 0 Å². The van der Waals surface area contributed by atoms with Gasteiger partial charge < -0.3 is 19.5 Å². The molecule has 0 bridgehead atoms. The van der Waals surface area contributed by atoms with Crippen molar-refractivity contribution in [2.45, 2.75) is 20.3 Å². The van der Waals surface area contributed by atoms with Crippen LogP contribution in [0.4, 0.5) is 5.69 Å². The third-order valence-electron chi connectivity index (χ3n) is 3.41. The molecule has 1 amide bonds. The Kier molecular flexibility index (Phi) is 7.49.